The molecule has 1 heterocycles. The van der Waals surface area contributed by atoms with E-state index < -0.39 is 5.97 Å². The zero-order valence-electron chi connectivity index (χ0n) is 10.5. The molecule has 1 aromatic carbocycles. The number of nitrogens with zero attached hydrogens (tertiary/aromatic N) is 1. The first-order valence-corrected chi connectivity index (χ1v) is 6.70. The van der Waals surface area contributed by atoms with Crippen molar-refractivity contribution in [1.82, 2.24) is 4.98 Å². The number of benzene rings is 1. The molecule has 98 valence electrons. The number of carboxylic acid groups (broad SMARTS) is 1. The number of ether oxygens (including phenoxy) is 1. The second-order valence-electron chi connectivity index (χ2n) is 4.12. The Bertz CT molecular complexity index is 623. The van der Waals surface area contributed by atoms with E-state index in [1.54, 1.807) is 32.0 Å². The normalized spacial score (nSPS) is 10.3. The number of carbonyl (C=O) groups is 1. The van der Waals surface area contributed by atoms with Gasteiger partial charge in [-0.15, -0.1) is 0 Å². The van der Waals surface area contributed by atoms with Crippen LogP contribution >= 0.6 is 22.6 Å². The largest absolute Gasteiger partial charge is 0.477 e. The molecule has 0 saturated carbocycles. The lowest BCUT2D eigenvalue weighted by molar-refractivity contribution is 0.0692. The predicted molar refractivity (Wildman–Crippen MR) is 79.9 cm³/mol. The summed E-state index contributed by atoms with van der Waals surface area (Å²) >= 11 is 2.19. The molecule has 0 spiro atoms. The topological polar surface area (TPSA) is 59.4 Å². The molecule has 0 amide bonds. The Morgan fingerprint density at radius 2 is 1.89 bits per heavy atom. The highest BCUT2D eigenvalue weighted by Crippen LogP contribution is 2.26. The molecular formula is C14H12INO3. The van der Waals surface area contributed by atoms with Crippen LogP contribution in [-0.2, 0) is 0 Å². The van der Waals surface area contributed by atoms with Gasteiger partial charge in [-0.25, -0.2) is 9.78 Å². The highest BCUT2D eigenvalue weighted by atomic mass is 127. The third-order valence-electron chi connectivity index (χ3n) is 2.55. The number of halogens is 1. The molecule has 0 fully saturated rings. The molecule has 5 heteroatoms. The highest BCUT2D eigenvalue weighted by Gasteiger charge is 2.17. The number of hydrogen-bond donors (Lipinski definition) is 1. The van der Waals surface area contributed by atoms with Crippen LogP contribution in [0.15, 0.2) is 30.3 Å². The lowest BCUT2D eigenvalue weighted by Crippen LogP contribution is -2.06. The summed E-state index contributed by atoms with van der Waals surface area (Å²) in [7, 11) is 0. The van der Waals surface area contributed by atoms with Gasteiger partial charge in [0.15, 0.2) is 0 Å². The van der Waals surface area contributed by atoms with Gasteiger partial charge in [0.25, 0.3) is 0 Å². The van der Waals surface area contributed by atoms with Crippen LogP contribution in [0.3, 0.4) is 0 Å². The minimum absolute atomic E-state index is 0.101. The number of carboxylic acids is 1. The molecular weight excluding hydrogens is 357 g/mol. The number of pyridine rings is 1. The van der Waals surface area contributed by atoms with Gasteiger partial charge in [-0.05, 0) is 72.3 Å². The van der Waals surface area contributed by atoms with Gasteiger partial charge in [0.2, 0.25) is 5.88 Å². The summed E-state index contributed by atoms with van der Waals surface area (Å²) in [6.45, 7) is 3.54. The summed E-state index contributed by atoms with van der Waals surface area (Å²) in [5.74, 6) is -0.336. The molecule has 2 rings (SSSR count). The maximum absolute atomic E-state index is 11.3. The van der Waals surface area contributed by atoms with Gasteiger partial charge in [0.05, 0.1) is 0 Å². The van der Waals surface area contributed by atoms with Crippen molar-refractivity contribution in [2.24, 2.45) is 0 Å². The van der Waals surface area contributed by atoms with E-state index in [4.69, 9.17) is 4.74 Å². The van der Waals surface area contributed by atoms with E-state index in [-0.39, 0.29) is 11.4 Å². The summed E-state index contributed by atoms with van der Waals surface area (Å²) in [5, 5.41) is 9.24. The Balaban J connectivity index is 2.44. The summed E-state index contributed by atoms with van der Waals surface area (Å²) in [4.78, 5) is 15.4. The molecule has 0 aliphatic heterocycles. The maximum Gasteiger partial charge on any atom is 0.341 e. The Morgan fingerprint density at radius 3 is 2.47 bits per heavy atom. The van der Waals surface area contributed by atoms with Gasteiger partial charge >= 0.3 is 5.97 Å². The van der Waals surface area contributed by atoms with Gasteiger partial charge in [-0.2, -0.15) is 0 Å². The Hall–Kier alpha value is -1.63. The van der Waals surface area contributed by atoms with Crippen LogP contribution in [-0.4, -0.2) is 16.1 Å². The molecule has 0 bridgehead atoms. The zero-order chi connectivity index (χ0) is 14.0. The smallest absolute Gasteiger partial charge is 0.341 e. The third kappa shape index (κ3) is 3.23. The number of hydrogen-bond acceptors (Lipinski definition) is 3. The van der Waals surface area contributed by atoms with Gasteiger partial charge in [0.1, 0.15) is 11.3 Å². The minimum atomic E-state index is -1.04. The molecule has 0 radical (unpaired) electrons. The SMILES string of the molecule is Cc1cc(C)c(C(=O)O)c(Oc2ccc(I)cc2)n1. The van der Waals surface area contributed by atoms with E-state index >= 15 is 0 Å². The Kier molecular flexibility index (Phi) is 4.04. The second kappa shape index (κ2) is 5.56. The van der Waals surface area contributed by atoms with Gasteiger partial charge in [0, 0.05) is 9.26 Å². The van der Waals surface area contributed by atoms with Crippen LogP contribution in [0.1, 0.15) is 21.6 Å². The molecule has 0 unspecified atom stereocenters. The number of rotatable bonds is 3. The average Bonchev–Trinajstić information content (AvgIpc) is 2.30. The van der Waals surface area contributed by atoms with Crippen molar-refractivity contribution in [1.29, 1.82) is 0 Å². The van der Waals surface area contributed by atoms with E-state index in [0.717, 1.165) is 9.26 Å². The Labute approximate surface area is 124 Å². The fraction of sp³-hybridized carbons (Fsp3) is 0.143. The summed E-state index contributed by atoms with van der Waals surface area (Å²) in [6, 6.07) is 9.07. The van der Waals surface area contributed by atoms with Crippen LogP contribution in [0.5, 0.6) is 11.6 Å². The van der Waals surface area contributed by atoms with E-state index in [0.29, 0.717) is 11.3 Å². The maximum atomic E-state index is 11.3. The first-order valence-electron chi connectivity index (χ1n) is 5.62. The van der Waals surface area contributed by atoms with Crippen molar-refractivity contribution in [2.45, 2.75) is 13.8 Å². The van der Waals surface area contributed by atoms with Crippen molar-refractivity contribution in [3.8, 4) is 11.6 Å². The highest BCUT2D eigenvalue weighted by molar-refractivity contribution is 14.1. The van der Waals surface area contributed by atoms with E-state index in [2.05, 4.69) is 27.6 Å². The summed E-state index contributed by atoms with van der Waals surface area (Å²) < 4.78 is 6.67. The van der Waals surface area contributed by atoms with Crippen molar-refractivity contribution in [3.05, 3.63) is 50.7 Å². The molecule has 19 heavy (non-hydrogen) atoms. The average molecular weight is 369 g/mol. The molecule has 0 atom stereocenters. The standard InChI is InChI=1S/C14H12INO3/c1-8-7-9(2)16-13(12(8)14(17)18)19-11-5-3-10(15)4-6-11/h3-7H,1-2H3,(H,17,18). The van der Waals surface area contributed by atoms with Crippen molar-refractivity contribution >= 4 is 28.6 Å². The molecule has 0 aliphatic rings. The quantitative estimate of drug-likeness (QED) is 0.837. The van der Waals surface area contributed by atoms with Gasteiger partial charge < -0.3 is 9.84 Å². The van der Waals surface area contributed by atoms with E-state index in [1.165, 1.54) is 0 Å². The van der Waals surface area contributed by atoms with Gasteiger partial charge in [-0.3, -0.25) is 0 Å². The van der Waals surface area contributed by atoms with E-state index in [9.17, 15) is 9.90 Å². The number of aryl methyl sites for hydroxylation is 2. The molecule has 0 aliphatic carbocycles. The van der Waals surface area contributed by atoms with Crippen molar-refractivity contribution in [3.63, 3.8) is 0 Å². The molecule has 4 nitrogen and oxygen atoms in total. The third-order valence-corrected chi connectivity index (χ3v) is 3.27. The van der Waals surface area contributed by atoms with Crippen LogP contribution in [0.2, 0.25) is 0 Å². The molecule has 1 N–H and O–H groups in total. The molecule has 2 aromatic rings. The first kappa shape index (κ1) is 13.8. The number of aromatic carboxylic acids is 1. The fourth-order valence-corrected chi connectivity index (χ4v) is 2.11. The van der Waals surface area contributed by atoms with Crippen molar-refractivity contribution < 1.29 is 14.6 Å². The Morgan fingerprint density at radius 1 is 1.26 bits per heavy atom. The lowest BCUT2D eigenvalue weighted by Gasteiger charge is -2.10. The molecule has 0 saturated heterocycles. The lowest BCUT2D eigenvalue weighted by atomic mass is 10.1. The predicted octanol–water partition coefficient (Wildman–Crippen LogP) is 3.79. The minimum Gasteiger partial charge on any atom is -0.477 e. The second-order valence-corrected chi connectivity index (χ2v) is 5.37. The zero-order valence-corrected chi connectivity index (χ0v) is 12.6. The summed E-state index contributed by atoms with van der Waals surface area (Å²) in [6.07, 6.45) is 0. The van der Waals surface area contributed by atoms with Crippen LogP contribution in [0, 0.1) is 17.4 Å². The van der Waals surface area contributed by atoms with E-state index in [1.807, 2.05) is 12.1 Å². The fourth-order valence-electron chi connectivity index (χ4n) is 1.75. The monoisotopic (exact) mass is 369 g/mol. The van der Waals surface area contributed by atoms with Crippen LogP contribution in [0.4, 0.5) is 0 Å². The van der Waals surface area contributed by atoms with Gasteiger partial charge in [-0.1, -0.05) is 0 Å². The van der Waals surface area contributed by atoms with Crippen molar-refractivity contribution in [2.75, 3.05) is 0 Å². The summed E-state index contributed by atoms with van der Waals surface area (Å²) in [5.41, 5.74) is 1.47. The molecule has 1 aromatic heterocycles. The van der Waals surface area contributed by atoms with Crippen LogP contribution < -0.4 is 4.74 Å². The first-order chi connectivity index (χ1) is 8.97. The number of aromatic nitrogens is 1. The van der Waals surface area contributed by atoms with Crippen LogP contribution in [0.25, 0.3) is 0 Å².